The molecule has 1 fully saturated rings. The number of amides is 1. The van der Waals surface area contributed by atoms with Crippen molar-refractivity contribution in [2.24, 2.45) is 0 Å². The van der Waals surface area contributed by atoms with Crippen molar-refractivity contribution in [1.29, 1.82) is 0 Å². The SMILES string of the molecule is O=C1C=CC=C(C2=CN(CCN3CCC(c4ccccc4C(=O)NCCc4ccc(C(F)(F)F)cc4)CC3)C=CO2)C1. The van der Waals surface area contributed by atoms with Gasteiger partial charge in [-0.3, -0.25) is 9.59 Å². The van der Waals surface area contributed by atoms with Crippen molar-refractivity contribution in [1.82, 2.24) is 15.1 Å². The summed E-state index contributed by atoms with van der Waals surface area (Å²) in [6, 6.07) is 12.7. The maximum absolute atomic E-state index is 13.1. The van der Waals surface area contributed by atoms with E-state index < -0.39 is 11.7 Å². The molecule has 9 heteroatoms. The number of carbonyl (C=O) groups is 2. The predicted molar refractivity (Wildman–Crippen MR) is 154 cm³/mol. The zero-order valence-electron chi connectivity index (χ0n) is 23.3. The number of hydrogen-bond acceptors (Lipinski definition) is 5. The van der Waals surface area contributed by atoms with Gasteiger partial charge in [0.05, 0.1) is 5.56 Å². The molecule has 0 aromatic heterocycles. The molecule has 1 amide bonds. The molecule has 0 unspecified atom stereocenters. The van der Waals surface area contributed by atoms with Crippen molar-refractivity contribution < 1.29 is 27.5 Å². The van der Waals surface area contributed by atoms with E-state index in [4.69, 9.17) is 4.74 Å². The van der Waals surface area contributed by atoms with Crippen molar-refractivity contribution in [3.8, 4) is 0 Å². The van der Waals surface area contributed by atoms with E-state index in [2.05, 4.69) is 15.1 Å². The van der Waals surface area contributed by atoms with Crippen LogP contribution in [0.5, 0.6) is 0 Å². The molecule has 2 aliphatic heterocycles. The Bertz CT molecular complexity index is 1400. The molecule has 3 aliphatic rings. The number of likely N-dealkylation sites (tertiary alicyclic amines) is 1. The molecule has 1 aliphatic carbocycles. The number of benzene rings is 2. The van der Waals surface area contributed by atoms with E-state index in [0.29, 0.717) is 30.7 Å². The highest BCUT2D eigenvalue weighted by molar-refractivity contribution is 5.96. The second kappa shape index (κ2) is 13.2. The van der Waals surface area contributed by atoms with Crippen LogP contribution in [0.2, 0.25) is 0 Å². The van der Waals surface area contributed by atoms with Crippen molar-refractivity contribution >= 4 is 11.7 Å². The van der Waals surface area contributed by atoms with Crippen LogP contribution in [0.15, 0.2) is 96.8 Å². The highest BCUT2D eigenvalue weighted by atomic mass is 19.4. The monoisotopic (exact) mass is 577 g/mol. The zero-order chi connectivity index (χ0) is 29.5. The first-order valence-corrected chi connectivity index (χ1v) is 14.2. The van der Waals surface area contributed by atoms with Gasteiger partial charge in [0.2, 0.25) is 0 Å². The quantitative estimate of drug-likeness (QED) is 0.399. The van der Waals surface area contributed by atoms with E-state index in [1.54, 1.807) is 18.4 Å². The summed E-state index contributed by atoms with van der Waals surface area (Å²) in [4.78, 5) is 29.3. The van der Waals surface area contributed by atoms with E-state index in [-0.39, 0.29) is 17.6 Å². The lowest BCUT2D eigenvalue weighted by atomic mass is 9.86. The van der Waals surface area contributed by atoms with Gasteiger partial charge >= 0.3 is 6.18 Å². The lowest BCUT2D eigenvalue weighted by Gasteiger charge is -2.34. The van der Waals surface area contributed by atoms with E-state index in [1.165, 1.54) is 12.1 Å². The van der Waals surface area contributed by atoms with Crippen LogP contribution in [-0.4, -0.2) is 54.2 Å². The summed E-state index contributed by atoms with van der Waals surface area (Å²) in [7, 11) is 0. The predicted octanol–water partition coefficient (Wildman–Crippen LogP) is 5.96. The van der Waals surface area contributed by atoms with Crippen LogP contribution in [0.25, 0.3) is 0 Å². The summed E-state index contributed by atoms with van der Waals surface area (Å²) in [5.74, 6) is 0.880. The molecule has 0 atom stereocenters. The maximum Gasteiger partial charge on any atom is 0.416 e. The molecule has 6 nitrogen and oxygen atoms in total. The average molecular weight is 578 g/mol. The number of nitrogens with one attached hydrogen (secondary N) is 1. The van der Waals surface area contributed by atoms with E-state index >= 15 is 0 Å². The minimum absolute atomic E-state index is 0.0678. The standard InChI is InChI=1S/C33H34F3N3O3/c34-33(35,36)27-10-8-24(9-11-27)12-15-37-32(41)30-7-2-1-6-29(30)25-13-16-38(17-14-25)18-19-39-20-21-42-31(23-39)26-4-3-5-28(40)22-26/h1-11,20-21,23,25H,12-19,22H2,(H,37,41). The fraction of sp³-hybridized carbons (Fsp3) is 0.333. The van der Waals surface area contributed by atoms with Gasteiger partial charge < -0.3 is 19.9 Å². The Labute approximate surface area is 243 Å². The van der Waals surface area contributed by atoms with Gasteiger partial charge in [-0.25, -0.2) is 0 Å². The van der Waals surface area contributed by atoms with E-state index in [9.17, 15) is 22.8 Å². The molecule has 1 saturated heterocycles. The second-order valence-corrected chi connectivity index (χ2v) is 10.7. The summed E-state index contributed by atoms with van der Waals surface area (Å²) in [5, 5.41) is 2.94. The third-order valence-corrected chi connectivity index (χ3v) is 7.88. The van der Waals surface area contributed by atoms with Gasteiger partial charge in [-0.1, -0.05) is 42.5 Å². The number of rotatable bonds is 9. The number of carbonyl (C=O) groups excluding carboxylic acids is 2. The molecule has 0 radical (unpaired) electrons. The lowest BCUT2D eigenvalue weighted by Crippen LogP contribution is -2.38. The topological polar surface area (TPSA) is 61.9 Å². The minimum Gasteiger partial charge on any atom is -0.462 e. The van der Waals surface area contributed by atoms with Crippen molar-refractivity contribution in [2.75, 3.05) is 32.7 Å². The van der Waals surface area contributed by atoms with Gasteiger partial charge in [0, 0.05) is 49.6 Å². The number of halogens is 3. The maximum atomic E-state index is 13.1. The first-order valence-electron chi connectivity index (χ1n) is 14.2. The first-order chi connectivity index (χ1) is 20.3. The van der Waals surface area contributed by atoms with Crippen LogP contribution < -0.4 is 5.32 Å². The third kappa shape index (κ3) is 7.59. The molecular formula is C33H34F3N3O3. The smallest absolute Gasteiger partial charge is 0.416 e. The van der Waals surface area contributed by atoms with E-state index in [0.717, 1.165) is 67.9 Å². The van der Waals surface area contributed by atoms with Gasteiger partial charge in [-0.05, 0) is 73.7 Å². The summed E-state index contributed by atoms with van der Waals surface area (Å²) in [6.45, 7) is 3.86. The Kier molecular flexibility index (Phi) is 9.27. The number of nitrogens with zero attached hydrogens (tertiary/aromatic N) is 2. The normalized spacial score (nSPS) is 18.0. The van der Waals surface area contributed by atoms with Crippen LogP contribution in [-0.2, 0) is 22.1 Å². The molecule has 2 heterocycles. The number of allylic oxidation sites excluding steroid dienone is 4. The summed E-state index contributed by atoms with van der Waals surface area (Å²) in [6.07, 6.45) is 9.04. The van der Waals surface area contributed by atoms with Crippen molar-refractivity contribution in [3.63, 3.8) is 0 Å². The fourth-order valence-corrected chi connectivity index (χ4v) is 5.51. The molecule has 0 saturated carbocycles. The Balaban J connectivity index is 1.09. The minimum atomic E-state index is -4.36. The molecule has 0 spiro atoms. The number of ketones is 1. The van der Waals surface area contributed by atoms with Crippen molar-refractivity contribution in [3.05, 3.63) is 119 Å². The van der Waals surface area contributed by atoms with Crippen LogP contribution in [0.3, 0.4) is 0 Å². The molecule has 2 aromatic rings. The molecule has 5 rings (SSSR count). The van der Waals surface area contributed by atoms with Crippen LogP contribution in [0.4, 0.5) is 13.2 Å². The van der Waals surface area contributed by atoms with Gasteiger partial charge in [-0.2, -0.15) is 13.2 Å². The molecule has 0 bridgehead atoms. The summed E-state index contributed by atoms with van der Waals surface area (Å²) < 4.78 is 44.0. The highest BCUT2D eigenvalue weighted by Crippen LogP contribution is 2.31. The fourth-order valence-electron chi connectivity index (χ4n) is 5.51. The Morgan fingerprint density at radius 1 is 1.02 bits per heavy atom. The Morgan fingerprint density at radius 2 is 1.79 bits per heavy atom. The number of piperidine rings is 1. The van der Waals surface area contributed by atoms with Gasteiger partial charge in [0.1, 0.15) is 12.0 Å². The summed E-state index contributed by atoms with van der Waals surface area (Å²) >= 11 is 0. The zero-order valence-corrected chi connectivity index (χ0v) is 23.3. The molecule has 42 heavy (non-hydrogen) atoms. The molecule has 220 valence electrons. The second-order valence-electron chi connectivity index (χ2n) is 10.7. The number of ether oxygens (including phenoxy) is 1. The first kappa shape index (κ1) is 29.4. The summed E-state index contributed by atoms with van der Waals surface area (Å²) in [5.41, 5.74) is 2.63. The third-order valence-electron chi connectivity index (χ3n) is 7.88. The largest absolute Gasteiger partial charge is 0.462 e. The molecule has 1 N–H and O–H groups in total. The van der Waals surface area contributed by atoms with Gasteiger partial charge in [0.15, 0.2) is 5.78 Å². The lowest BCUT2D eigenvalue weighted by molar-refractivity contribution is -0.137. The van der Waals surface area contributed by atoms with E-state index in [1.807, 2.05) is 42.7 Å². The van der Waals surface area contributed by atoms with Crippen molar-refractivity contribution in [2.45, 2.75) is 37.8 Å². The van der Waals surface area contributed by atoms with Crippen LogP contribution in [0.1, 0.15) is 52.2 Å². The van der Waals surface area contributed by atoms with Gasteiger partial charge in [-0.15, -0.1) is 0 Å². The molecule has 2 aromatic carbocycles. The number of hydrogen-bond donors (Lipinski definition) is 1. The Morgan fingerprint density at radius 3 is 2.52 bits per heavy atom. The Hall–Kier alpha value is -4.11. The van der Waals surface area contributed by atoms with Gasteiger partial charge in [0.25, 0.3) is 5.91 Å². The highest BCUT2D eigenvalue weighted by Gasteiger charge is 2.30. The van der Waals surface area contributed by atoms with Crippen LogP contribution in [0, 0.1) is 0 Å². The number of alkyl halides is 3. The molecular weight excluding hydrogens is 543 g/mol. The average Bonchev–Trinajstić information content (AvgIpc) is 3.00. The van der Waals surface area contributed by atoms with Crippen LogP contribution >= 0.6 is 0 Å².